The number of primary amides is 1. The van der Waals surface area contributed by atoms with Gasteiger partial charge in [-0.05, 0) is 74.1 Å². The SMILES string of the molecule is Cc1cc(-c2cnc(C3(O)CCC(C(N)=O)CC3)s2)cc(N(c2nccc(C(F)(F)F)n2)c2ccc(O)cc2O)c1. The molecule has 5 rings (SSSR count). The number of carbonyl (C=O) groups excluding carboxylic acids is 1. The summed E-state index contributed by atoms with van der Waals surface area (Å²) >= 11 is 1.27. The van der Waals surface area contributed by atoms with Crippen molar-refractivity contribution < 1.29 is 33.3 Å². The smallest absolute Gasteiger partial charge is 0.433 e. The Hall–Kier alpha value is -4.23. The van der Waals surface area contributed by atoms with E-state index >= 15 is 0 Å². The molecule has 1 aliphatic carbocycles. The van der Waals surface area contributed by atoms with Gasteiger partial charge in [-0.2, -0.15) is 13.2 Å². The molecule has 4 aromatic rings. The Balaban J connectivity index is 1.57. The Labute approximate surface area is 236 Å². The lowest BCUT2D eigenvalue weighted by molar-refractivity contribution is -0.141. The van der Waals surface area contributed by atoms with Gasteiger partial charge < -0.3 is 21.1 Å². The Morgan fingerprint density at radius 2 is 1.83 bits per heavy atom. The van der Waals surface area contributed by atoms with Crippen molar-refractivity contribution in [3.05, 3.63) is 71.1 Å². The second-order valence-electron chi connectivity index (χ2n) is 10.0. The van der Waals surface area contributed by atoms with E-state index < -0.39 is 23.2 Å². The first-order valence-electron chi connectivity index (χ1n) is 12.7. The molecule has 2 aromatic heterocycles. The molecule has 2 aromatic carbocycles. The first-order valence-corrected chi connectivity index (χ1v) is 13.5. The first kappa shape index (κ1) is 28.3. The van der Waals surface area contributed by atoms with Gasteiger partial charge in [0.2, 0.25) is 11.9 Å². The average molecular weight is 586 g/mol. The standard InChI is InChI=1S/C28H26F3N5O4S/c1-15-10-17(22-14-34-25(41-22)27(40)7-4-16(5-8-27)24(32)39)12-18(11-15)36(20-3-2-19(37)13-21(20)38)26-33-9-6-23(35-26)28(29,30)31/h2-3,6,9-14,16,37-38,40H,4-5,7-8H2,1H3,(H2,32,39). The van der Waals surface area contributed by atoms with Crippen molar-refractivity contribution in [1.82, 2.24) is 15.0 Å². The number of phenols is 2. The lowest BCUT2D eigenvalue weighted by Crippen LogP contribution is -2.35. The number of alkyl halides is 3. The van der Waals surface area contributed by atoms with Gasteiger partial charge in [0.25, 0.3) is 0 Å². The summed E-state index contributed by atoms with van der Waals surface area (Å²) in [5, 5.41) is 32.2. The minimum atomic E-state index is -4.73. The topological polar surface area (TPSA) is 146 Å². The number of nitrogens with two attached hydrogens (primary N) is 1. The minimum absolute atomic E-state index is 0.0455. The van der Waals surface area contributed by atoms with Crippen LogP contribution in [0.4, 0.5) is 30.5 Å². The van der Waals surface area contributed by atoms with Crippen LogP contribution in [0.2, 0.25) is 0 Å². The van der Waals surface area contributed by atoms with E-state index in [0.717, 1.165) is 23.9 Å². The molecule has 0 saturated heterocycles. The van der Waals surface area contributed by atoms with E-state index in [9.17, 15) is 33.3 Å². The van der Waals surface area contributed by atoms with E-state index in [1.807, 2.05) is 6.07 Å². The number of aromatic hydroxyl groups is 2. The molecule has 1 saturated carbocycles. The Bertz CT molecular complexity index is 1600. The van der Waals surface area contributed by atoms with E-state index in [-0.39, 0.29) is 29.2 Å². The molecule has 214 valence electrons. The van der Waals surface area contributed by atoms with Gasteiger partial charge in [0.1, 0.15) is 27.8 Å². The van der Waals surface area contributed by atoms with Crippen LogP contribution in [0.3, 0.4) is 0 Å². The second-order valence-corrected chi connectivity index (χ2v) is 11.1. The summed E-state index contributed by atoms with van der Waals surface area (Å²) in [6.45, 7) is 1.80. The number of phenolic OH excluding ortho intramolecular Hbond substituents is 2. The van der Waals surface area contributed by atoms with Crippen molar-refractivity contribution in [3.63, 3.8) is 0 Å². The number of carbonyl (C=O) groups is 1. The highest BCUT2D eigenvalue weighted by molar-refractivity contribution is 7.15. The van der Waals surface area contributed by atoms with Crippen molar-refractivity contribution in [2.45, 2.75) is 44.4 Å². The zero-order valence-electron chi connectivity index (χ0n) is 21.8. The monoisotopic (exact) mass is 585 g/mol. The van der Waals surface area contributed by atoms with E-state index in [4.69, 9.17) is 5.73 Å². The first-order chi connectivity index (χ1) is 19.3. The fraction of sp³-hybridized carbons (Fsp3) is 0.286. The molecule has 0 atom stereocenters. The molecule has 0 unspecified atom stereocenters. The number of anilines is 3. The zero-order chi connectivity index (χ0) is 29.5. The van der Waals surface area contributed by atoms with Crippen LogP contribution < -0.4 is 10.6 Å². The number of hydrogen-bond acceptors (Lipinski definition) is 9. The van der Waals surface area contributed by atoms with Gasteiger partial charge in [-0.15, -0.1) is 11.3 Å². The number of aryl methyl sites for hydroxylation is 1. The molecule has 5 N–H and O–H groups in total. The van der Waals surface area contributed by atoms with Gasteiger partial charge in [0.15, 0.2) is 0 Å². The maximum atomic E-state index is 13.5. The predicted molar refractivity (Wildman–Crippen MR) is 146 cm³/mol. The van der Waals surface area contributed by atoms with Crippen molar-refractivity contribution in [2.75, 3.05) is 4.90 Å². The second kappa shape index (κ2) is 10.6. The summed E-state index contributed by atoms with van der Waals surface area (Å²) in [5.74, 6) is -1.64. The van der Waals surface area contributed by atoms with E-state index in [2.05, 4.69) is 15.0 Å². The van der Waals surface area contributed by atoms with Gasteiger partial charge in [0.05, 0.1) is 16.3 Å². The molecular weight excluding hydrogens is 559 g/mol. The molecule has 1 fully saturated rings. The van der Waals surface area contributed by atoms with Gasteiger partial charge in [-0.3, -0.25) is 9.69 Å². The number of aromatic nitrogens is 3. The van der Waals surface area contributed by atoms with Crippen LogP contribution in [-0.4, -0.2) is 36.2 Å². The van der Waals surface area contributed by atoms with Crippen molar-refractivity contribution in [1.29, 1.82) is 0 Å². The van der Waals surface area contributed by atoms with Crippen LogP contribution in [0, 0.1) is 12.8 Å². The molecule has 0 radical (unpaired) electrons. The molecule has 2 heterocycles. The average Bonchev–Trinajstić information content (AvgIpc) is 3.41. The zero-order valence-corrected chi connectivity index (χ0v) is 22.6. The number of hydrogen-bond donors (Lipinski definition) is 4. The summed E-state index contributed by atoms with van der Waals surface area (Å²) in [5.41, 5.74) is 4.86. The third-order valence-electron chi connectivity index (χ3n) is 7.06. The summed E-state index contributed by atoms with van der Waals surface area (Å²) in [6, 6.07) is 9.69. The van der Waals surface area contributed by atoms with Crippen LogP contribution in [0.25, 0.3) is 10.4 Å². The van der Waals surface area contributed by atoms with Crippen molar-refractivity contribution in [2.24, 2.45) is 11.7 Å². The maximum Gasteiger partial charge on any atom is 0.433 e. The molecule has 13 heteroatoms. The van der Waals surface area contributed by atoms with E-state index in [1.54, 1.807) is 25.3 Å². The molecule has 9 nitrogen and oxygen atoms in total. The number of halogens is 3. The molecule has 0 bridgehead atoms. The summed E-state index contributed by atoms with van der Waals surface area (Å²) < 4.78 is 40.6. The quantitative estimate of drug-likeness (QED) is 0.226. The van der Waals surface area contributed by atoms with Crippen molar-refractivity contribution in [3.8, 4) is 21.9 Å². The lowest BCUT2D eigenvalue weighted by atomic mass is 9.79. The maximum absolute atomic E-state index is 13.5. The Morgan fingerprint density at radius 3 is 2.49 bits per heavy atom. The summed E-state index contributed by atoms with van der Waals surface area (Å²) in [7, 11) is 0. The highest BCUT2D eigenvalue weighted by Gasteiger charge is 2.39. The Kier molecular flexibility index (Phi) is 7.34. The number of amides is 1. The largest absolute Gasteiger partial charge is 0.508 e. The van der Waals surface area contributed by atoms with Crippen LogP contribution >= 0.6 is 11.3 Å². The normalized spacial score (nSPS) is 19.2. The third kappa shape index (κ3) is 5.81. The molecule has 1 aliphatic rings. The van der Waals surface area contributed by atoms with E-state index in [0.29, 0.717) is 46.8 Å². The van der Waals surface area contributed by atoms with Crippen LogP contribution in [0.1, 0.15) is 41.9 Å². The summed E-state index contributed by atoms with van der Waals surface area (Å²) in [6.07, 6.45) is -0.543. The van der Waals surface area contributed by atoms with Gasteiger partial charge in [0, 0.05) is 24.4 Å². The molecule has 41 heavy (non-hydrogen) atoms. The third-order valence-corrected chi connectivity index (χ3v) is 8.30. The highest BCUT2D eigenvalue weighted by atomic mass is 32.1. The number of benzene rings is 2. The molecule has 0 spiro atoms. The fourth-order valence-electron chi connectivity index (χ4n) is 4.93. The van der Waals surface area contributed by atoms with Crippen LogP contribution in [0.5, 0.6) is 11.5 Å². The number of thiazole rings is 1. The van der Waals surface area contributed by atoms with Crippen LogP contribution in [0.15, 0.2) is 54.9 Å². The summed E-state index contributed by atoms with van der Waals surface area (Å²) in [4.78, 5) is 25.8. The molecular formula is C28H26F3N5O4S. The van der Waals surface area contributed by atoms with Gasteiger partial charge in [-0.25, -0.2) is 15.0 Å². The van der Waals surface area contributed by atoms with Crippen LogP contribution in [-0.2, 0) is 16.6 Å². The minimum Gasteiger partial charge on any atom is -0.508 e. The highest BCUT2D eigenvalue weighted by Crippen LogP contribution is 2.45. The van der Waals surface area contributed by atoms with Crippen molar-refractivity contribution >= 4 is 34.6 Å². The lowest BCUT2D eigenvalue weighted by Gasteiger charge is -2.33. The van der Waals surface area contributed by atoms with Gasteiger partial charge in [-0.1, -0.05) is 6.07 Å². The number of rotatable bonds is 6. The molecule has 1 amide bonds. The van der Waals surface area contributed by atoms with Gasteiger partial charge >= 0.3 is 6.18 Å². The number of nitrogens with zero attached hydrogens (tertiary/aromatic N) is 4. The predicted octanol–water partition coefficient (Wildman–Crippen LogP) is 5.67. The van der Waals surface area contributed by atoms with E-state index in [1.165, 1.54) is 28.4 Å². The fourth-order valence-corrected chi connectivity index (χ4v) is 5.98. The Morgan fingerprint density at radius 1 is 1.10 bits per heavy atom. The number of aliphatic hydroxyl groups is 1. The molecule has 0 aliphatic heterocycles.